The van der Waals surface area contributed by atoms with Crippen LogP contribution >= 0.6 is 39.3 Å². The van der Waals surface area contributed by atoms with Crippen molar-refractivity contribution in [3.63, 3.8) is 0 Å². The Morgan fingerprint density at radius 2 is 2.33 bits per heavy atom. The number of rotatable bonds is 7. The maximum atomic E-state index is 12.4. The predicted molar refractivity (Wildman–Crippen MR) is 88.3 cm³/mol. The number of hydrogen-bond acceptors (Lipinski definition) is 4. The summed E-state index contributed by atoms with van der Waals surface area (Å²) in [5, 5.41) is 4.49. The molecular weight excluding hydrogens is 376 g/mol. The van der Waals surface area contributed by atoms with Crippen molar-refractivity contribution in [2.24, 2.45) is 0 Å². The Hall–Kier alpha value is -0.820. The molecule has 1 heterocycles. The monoisotopic (exact) mass is 388 g/mol. The number of benzene rings is 1. The van der Waals surface area contributed by atoms with E-state index in [0.29, 0.717) is 29.6 Å². The molecule has 1 aromatic carbocycles. The summed E-state index contributed by atoms with van der Waals surface area (Å²) >= 11 is 10.9. The zero-order chi connectivity index (χ0) is 15.2. The molecule has 112 valence electrons. The van der Waals surface area contributed by atoms with Gasteiger partial charge in [-0.15, -0.1) is 11.8 Å². The van der Waals surface area contributed by atoms with Gasteiger partial charge in [0.2, 0.25) is 0 Å². The first kappa shape index (κ1) is 16.5. The molecule has 4 nitrogen and oxygen atoms in total. The second-order valence-electron chi connectivity index (χ2n) is 4.23. The minimum atomic E-state index is -0.0430. The van der Waals surface area contributed by atoms with Crippen LogP contribution in [0.1, 0.15) is 10.5 Å². The van der Waals surface area contributed by atoms with Gasteiger partial charge >= 0.3 is 0 Å². The molecule has 0 saturated heterocycles. The van der Waals surface area contributed by atoms with Crippen molar-refractivity contribution >= 4 is 45.1 Å². The van der Waals surface area contributed by atoms with Crippen LogP contribution in [0.25, 0.3) is 0 Å². The van der Waals surface area contributed by atoms with E-state index in [-0.39, 0.29) is 5.78 Å². The number of methoxy groups -OCH3 is 1. The molecule has 1 aromatic heterocycles. The van der Waals surface area contributed by atoms with Crippen molar-refractivity contribution in [3.05, 3.63) is 45.7 Å². The second kappa shape index (κ2) is 7.98. The number of hydrogen-bond donors (Lipinski definition) is 0. The van der Waals surface area contributed by atoms with E-state index < -0.39 is 0 Å². The minimum absolute atomic E-state index is 0.0430. The summed E-state index contributed by atoms with van der Waals surface area (Å²) in [5.41, 5.74) is 0.441. The average molecular weight is 390 g/mol. The van der Waals surface area contributed by atoms with Gasteiger partial charge in [0.25, 0.3) is 0 Å². The molecule has 0 aliphatic carbocycles. The van der Waals surface area contributed by atoms with E-state index in [1.165, 1.54) is 18.0 Å². The molecule has 21 heavy (non-hydrogen) atoms. The fourth-order valence-electron chi connectivity index (χ4n) is 1.76. The number of ether oxygens (including phenoxy) is 1. The van der Waals surface area contributed by atoms with Gasteiger partial charge in [0.15, 0.2) is 5.78 Å². The first-order valence-corrected chi connectivity index (χ1v) is 8.39. The van der Waals surface area contributed by atoms with Crippen LogP contribution in [0, 0.1) is 0 Å². The van der Waals surface area contributed by atoms with Crippen LogP contribution in [0.4, 0.5) is 0 Å². The van der Waals surface area contributed by atoms with Crippen LogP contribution < -0.4 is 0 Å². The van der Waals surface area contributed by atoms with E-state index in [2.05, 4.69) is 21.0 Å². The normalized spacial score (nSPS) is 10.8. The zero-order valence-corrected chi connectivity index (χ0v) is 14.5. The largest absolute Gasteiger partial charge is 0.383 e. The number of thioether (sulfide) groups is 1. The smallest absolute Gasteiger partial charge is 0.192 e. The Kier molecular flexibility index (Phi) is 6.29. The lowest BCUT2D eigenvalue weighted by Crippen LogP contribution is -2.15. The van der Waals surface area contributed by atoms with Gasteiger partial charge in [-0.25, -0.2) is 0 Å². The Morgan fingerprint density at radius 3 is 3.05 bits per heavy atom. The van der Waals surface area contributed by atoms with Crippen molar-refractivity contribution in [3.8, 4) is 0 Å². The van der Waals surface area contributed by atoms with Crippen LogP contribution in [0.15, 0.2) is 39.8 Å². The Balaban J connectivity index is 2.04. The molecule has 0 amide bonds. The molecule has 0 radical (unpaired) electrons. The Bertz CT molecular complexity index is 633. The van der Waals surface area contributed by atoms with Gasteiger partial charge in [-0.1, -0.05) is 33.6 Å². The summed E-state index contributed by atoms with van der Waals surface area (Å²) in [4.78, 5) is 13.4. The first-order valence-electron chi connectivity index (χ1n) is 6.23. The number of halogens is 2. The lowest BCUT2D eigenvalue weighted by Gasteiger charge is -2.07. The van der Waals surface area contributed by atoms with Crippen LogP contribution in [-0.2, 0) is 11.3 Å². The van der Waals surface area contributed by atoms with E-state index in [4.69, 9.17) is 16.3 Å². The quantitative estimate of drug-likeness (QED) is 0.532. The Labute approximate surface area is 140 Å². The molecule has 0 spiro atoms. The van der Waals surface area contributed by atoms with Gasteiger partial charge < -0.3 is 4.74 Å². The maximum Gasteiger partial charge on any atom is 0.192 e. The number of carbonyl (C=O) groups is 1. The fourth-order valence-corrected chi connectivity index (χ4v) is 3.38. The molecule has 0 atom stereocenters. The summed E-state index contributed by atoms with van der Waals surface area (Å²) in [7, 11) is 1.61. The molecule has 0 bridgehead atoms. The third-order valence-corrected chi connectivity index (χ3v) is 4.50. The second-order valence-corrected chi connectivity index (χ2v) is 6.60. The molecule has 2 rings (SSSR count). The molecule has 0 unspecified atom stereocenters. The number of Topliss-reactive ketones (excluding diaryl/α,β-unsaturated/α-hetero) is 1. The van der Waals surface area contributed by atoms with Crippen molar-refractivity contribution in [1.82, 2.24) is 9.78 Å². The van der Waals surface area contributed by atoms with Gasteiger partial charge in [0, 0.05) is 16.5 Å². The van der Waals surface area contributed by atoms with Crippen LogP contribution in [-0.4, -0.2) is 35.0 Å². The van der Waals surface area contributed by atoms with E-state index in [1.807, 2.05) is 24.3 Å². The third kappa shape index (κ3) is 4.57. The van der Waals surface area contributed by atoms with Crippen molar-refractivity contribution < 1.29 is 9.53 Å². The van der Waals surface area contributed by atoms with Crippen LogP contribution in [0.2, 0.25) is 5.02 Å². The van der Waals surface area contributed by atoms with Crippen LogP contribution in [0.5, 0.6) is 0 Å². The molecule has 0 aliphatic rings. The van der Waals surface area contributed by atoms with E-state index in [9.17, 15) is 4.79 Å². The highest BCUT2D eigenvalue weighted by Crippen LogP contribution is 2.24. The number of ketones is 1. The van der Waals surface area contributed by atoms with Gasteiger partial charge in [-0.2, -0.15) is 5.10 Å². The van der Waals surface area contributed by atoms with Gasteiger partial charge in [0.1, 0.15) is 5.69 Å². The molecule has 0 saturated carbocycles. The van der Waals surface area contributed by atoms with E-state index >= 15 is 0 Å². The summed E-state index contributed by atoms with van der Waals surface area (Å²) in [6.07, 6.45) is 1.49. The van der Waals surface area contributed by atoms with E-state index in [0.717, 1.165) is 9.37 Å². The lowest BCUT2D eigenvalue weighted by molar-refractivity contribution is 0.100. The highest BCUT2D eigenvalue weighted by Gasteiger charge is 2.17. The lowest BCUT2D eigenvalue weighted by atomic mass is 10.3. The van der Waals surface area contributed by atoms with Crippen molar-refractivity contribution in [2.45, 2.75) is 11.4 Å². The highest BCUT2D eigenvalue weighted by molar-refractivity contribution is 9.10. The summed E-state index contributed by atoms with van der Waals surface area (Å²) in [6.45, 7) is 0.989. The minimum Gasteiger partial charge on any atom is -0.383 e. The fraction of sp³-hybridized carbons (Fsp3) is 0.286. The van der Waals surface area contributed by atoms with Gasteiger partial charge in [0.05, 0.1) is 30.1 Å². The summed E-state index contributed by atoms with van der Waals surface area (Å²) in [6, 6.07) is 7.82. The van der Waals surface area contributed by atoms with Crippen molar-refractivity contribution in [1.29, 1.82) is 0 Å². The van der Waals surface area contributed by atoms with Gasteiger partial charge in [-0.3, -0.25) is 9.48 Å². The predicted octanol–water partition coefficient (Wildman–Crippen LogP) is 3.92. The van der Waals surface area contributed by atoms with Crippen molar-refractivity contribution in [2.75, 3.05) is 19.5 Å². The number of aromatic nitrogens is 2. The number of carbonyl (C=O) groups excluding carboxylic acids is 1. The van der Waals surface area contributed by atoms with E-state index in [1.54, 1.807) is 11.8 Å². The average Bonchev–Trinajstić information content (AvgIpc) is 2.83. The molecule has 0 N–H and O–H groups in total. The van der Waals surface area contributed by atoms with Gasteiger partial charge in [-0.05, 0) is 18.2 Å². The molecule has 0 aliphatic heterocycles. The molecule has 2 aromatic rings. The SMILES string of the molecule is COCCn1ncc(Cl)c1C(=O)CSc1cccc(Br)c1. The third-order valence-electron chi connectivity index (χ3n) is 2.73. The highest BCUT2D eigenvalue weighted by atomic mass is 79.9. The molecule has 0 fully saturated rings. The number of nitrogens with zero attached hydrogens (tertiary/aromatic N) is 2. The zero-order valence-electron chi connectivity index (χ0n) is 11.4. The van der Waals surface area contributed by atoms with Crippen LogP contribution in [0.3, 0.4) is 0 Å². The maximum absolute atomic E-state index is 12.4. The molecular formula is C14H14BrClN2O2S. The summed E-state index contributed by atoms with van der Waals surface area (Å²) in [5.74, 6) is 0.271. The summed E-state index contributed by atoms with van der Waals surface area (Å²) < 4.78 is 7.59. The Morgan fingerprint density at radius 1 is 1.52 bits per heavy atom. The molecule has 7 heteroatoms. The standard InChI is InChI=1S/C14H14BrClN2O2S/c1-20-6-5-18-14(12(16)8-17-18)13(19)9-21-11-4-2-3-10(15)7-11/h2-4,7-8H,5-6,9H2,1H3. The first-order chi connectivity index (χ1) is 10.1. The topological polar surface area (TPSA) is 44.1 Å².